The van der Waals surface area contributed by atoms with Gasteiger partial charge in [0.05, 0.1) is 12.5 Å². The molecule has 0 saturated heterocycles. The fourth-order valence-corrected chi connectivity index (χ4v) is 3.30. The van der Waals surface area contributed by atoms with Crippen LogP contribution in [0.3, 0.4) is 0 Å². The molecule has 1 aliphatic rings. The van der Waals surface area contributed by atoms with Crippen molar-refractivity contribution < 1.29 is 19.1 Å². The van der Waals surface area contributed by atoms with Gasteiger partial charge in [0.15, 0.2) is 0 Å². The summed E-state index contributed by atoms with van der Waals surface area (Å²) in [6.07, 6.45) is 8.16. The molecule has 0 heterocycles. The average molecular weight is 338 g/mol. The third-order valence-electron chi connectivity index (χ3n) is 4.61. The van der Waals surface area contributed by atoms with Crippen molar-refractivity contribution in [3.63, 3.8) is 0 Å². The molecule has 0 radical (unpaired) electrons. The van der Waals surface area contributed by atoms with Gasteiger partial charge in [-0.25, -0.2) is 0 Å². The molecule has 1 fully saturated rings. The number of imide groups is 1. The lowest BCUT2D eigenvalue weighted by Gasteiger charge is -2.14. The molecule has 0 aliphatic heterocycles. The first-order valence-corrected chi connectivity index (χ1v) is 8.80. The maximum Gasteiger partial charge on any atom is 0.309 e. The maximum atomic E-state index is 12.0. The zero-order chi connectivity index (χ0) is 17.9. The van der Waals surface area contributed by atoms with E-state index in [0.717, 1.165) is 49.6 Å². The summed E-state index contributed by atoms with van der Waals surface area (Å²) in [6, 6.07) is 0. The average Bonchev–Trinajstić information content (AvgIpc) is 2.88. The second kappa shape index (κ2) is 10.8. The summed E-state index contributed by atoms with van der Waals surface area (Å²) in [5, 5.41) is 0. The van der Waals surface area contributed by atoms with Crippen LogP contribution in [0.2, 0.25) is 0 Å². The fourth-order valence-electron chi connectivity index (χ4n) is 3.30. The molecule has 3 unspecified atom stereocenters. The second-order valence-corrected chi connectivity index (χ2v) is 6.74. The molecule has 6 heteroatoms. The lowest BCUT2D eigenvalue weighted by Crippen LogP contribution is -2.29. The van der Waals surface area contributed by atoms with Crippen molar-refractivity contribution in [2.75, 3.05) is 13.2 Å². The number of unbranched alkanes of at least 4 members (excludes halogenated alkanes) is 3. The lowest BCUT2D eigenvalue weighted by molar-refractivity contribution is -0.149. The van der Waals surface area contributed by atoms with Gasteiger partial charge >= 0.3 is 5.97 Å². The van der Waals surface area contributed by atoms with E-state index in [4.69, 9.17) is 10.5 Å². The number of carbonyl (C=O) groups is 3. The van der Waals surface area contributed by atoms with Gasteiger partial charge in [0.1, 0.15) is 0 Å². The number of ether oxygens (including phenoxy) is 1. The van der Waals surface area contributed by atoms with Gasteiger partial charge in [0.2, 0.25) is 6.41 Å². The highest BCUT2D eigenvalue weighted by atomic mass is 16.5. The molecular weight excluding hydrogens is 308 g/mol. The summed E-state index contributed by atoms with van der Waals surface area (Å²) < 4.78 is 5.38. The van der Waals surface area contributed by atoms with E-state index >= 15 is 0 Å². The zero-order valence-corrected chi connectivity index (χ0v) is 14.8. The van der Waals surface area contributed by atoms with Crippen molar-refractivity contribution in [2.45, 2.75) is 52.4 Å². The van der Waals surface area contributed by atoms with Gasteiger partial charge in [-0.2, -0.15) is 0 Å². The molecule has 0 aromatic carbocycles. The molecule has 1 aliphatic carbocycles. The summed E-state index contributed by atoms with van der Waals surface area (Å²) in [5.74, 6) is 0.624. The molecule has 136 valence electrons. The first kappa shape index (κ1) is 20.2. The topological polar surface area (TPSA) is 89.7 Å². The van der Waals surface area contributed by atoms with Crippen LogP contribution in [0.4, 0.5) is 0 Å². The Hall–Kier alpha value is -1.85. The molecule has 0 spiro atoms. The van der Waals surface area contributed by atoms with Gasteiger partial charge in [-0.3, -0.25) is 19.3 Å². The molecule has 1 rings (SSSR count). The Morgan fingerprint density at radius 2 is 1.88 bits per heavy atom. The Balaban J connectivity index is 2.09. The van der Waals surface area contributed by atoms with Gasteiger partial charge in [0, 0.05) is 12.6 Å². The minimum absolute atomic E-state index is 0.0573. The van der Waals surface area contributed by atoms with E-state index in [1.165, 1.54) is 6.08 Å². The minimum Gasteiger partial charge on any atom is -0.465 e. The van der Waals surface area contributed by atoms with Crippen LogP contribution in [-0.2, 0) is 19.1 Å². The fraction of sp³-hybridized carbons (Fsp3) is 0.722. The summed E-state index contributed by atoms with van der Waals surface area (Å²) >= 11 is 0. The Kier molecular flexibility index (Phi) is 9.12. The van der Waals surface area contributed by atoms with Crippen LogP contribution in [0.1, 0.15) is 52.4 Å². The molecule has 1 saturated carbocycles. The van der Waals surface area contributed by atoms with Gasteiger partial charge in [-0.15, -0.1) is 0 Å². The molecule has 3 atom stereocenters. The molecule has 2 N–H and O–H groups in total. The molecule has 2 amide bonds. The predicted molar refractivity (Wildman–Crippen MR) is 91.6 cm³/mol. The van der Waals surface area contributed by atoms with Crippen LogP contribution >= 0.6 is 0 Å². The number of carbonyl (C=O) groups excluding carboxylic acids is 3. The van der Waals surface area contributed by atoms with Gasteiger partial charge in [-0.1, -0.05) is 20.3 Å². The highest BCUT2D eigenvalue weighted by Crippen LogP contribution is 2.36. The molecule has 0 bridgehead atoms. The first-order chi connectivity index (χ1) is 11.5. The molecule has 0 aromatic rings. The third kappa shape index (κ3) is 6.72. The van der Waals surface area contributed by atoms with E-state index in [0.29, 0.717) is 31.4 Å². The van der Waals surface area contributed by atoms with Crippen LogP contribution in [0.15, 0.2) is 12.3 Å². The third-order valence-corrected chi connectivity index (χ3v) is 4.61. The molecule has 24 heavy (non-hydrogen) atoms. The van der Waals surface area contributed by atoms with E-state index < -0.39 is 5.91 Å². The molecule has 6 nitrogen and oxygen atoms in total. The number of nitrogens with zero attached hydrogens (tertiary/aromatic N) is 1. The van der Waals surface area contributed by atoms with Crippen molar-refractivity contribution >= 4 is 18.3 Å². The van der Waals surface area contributed by atoms with Crippen molar-refractivity contribution in [1.82, 2.24) is 4.90 Å². The van der Waals surface area contributed by atoms with Gasteiger partial charge in [-0.05, 0) is 50.1 Å². The Morgan fingerprint density at radius 3 is 2.46 bits per heavy atom. The smallest absolute Gasteiger partial charge is 0.309 e. The Labute approximate surface area is 144 Å². The van der Waals surface area contributed by atoms with Crippen LogP contribution in [0.25, 0.3) is 0 Å². The van der Waals surface area contributed by atoms with Gasteiger partial charge < -0.3 is 10.5 Å². The molecule has 0 aromatic heterocycles. The first-order valence-electron chi connectivity index (χ1n) is 8.80. The highest BCUT2D eigenvalue weighted by Gasteiger charge is 2.34. The number of amides is 2. The summed E-state index contributed by atoms with van der Waals surface area (Å²) in [6.45, 7) is 5.13. The normalized spacial score (nSPS) is 23.3. The van der Waals surface area contributed by atoms with Gasteiger partial charge in [0.25, 0.3) is 5.91 Å². The summed E-state index contributed by atoms with van der Waals surface area (Å²) in [7, 11) is 0. The molecular formula is C18H30N2O4. The SMILES string of the molecule is CC1CC(C)C(C(=O)OCCCCCCN(C=O)C(=O)/C=C\N)C1. The number of rotatable bonds is 10. The zero-order valence-electron chi connectivity index (χ0n) is 14.8. The number of nitrogens with two attached hydrogens (primary N) is 1. The van der Waals surface area contributed by atoms with E-state index in [9.17, 15) is 14.4 Å². The Bertz CT molecular complexity index is 450. The van der Waals surface area contributed by atoms with E-state index in [1.54, 1.807) is 0 Å². The van der Waals surface area contributed by atoms with Crippen LogP contribution < -0.4 is 5.73 Å². The van der Waals surface area contributed by atoms with E-state index in [1.807, 2.05) is 0 Å². The van der Waals surface area contributed by atoms with E-state index in [-0.39, 0.29) is 11.9 Å². The monoisotopic (exact) mass is 338 g/mol. The largest absolute Gasteiger partial charge is 0.465 e. The van der Waals surface area contributed by atoms with Crippen LogP contribution in [0.5, 0.6) is 0 Å². The number of esters is 1. The van der Waals surface area contributed by atoms with Crippen LogP contribution in [0, 0.1) is 17.8 Å². The highest BCUT2D eigenvalue weighted by molar-refractivity contribution is 5.94. The Morgan fingerprint density at radius 1 is 1.17 bits per heavy atom. The van der Waals surface area contributed by atoms with E-state index in [2.05, 4.69) is 13.8 Å². The number of hydrogen-bond donors (Lipinski definition) is 1. The standard InChI is InChI=1S/C18H30N2O4/c1-14-11-15(2)16(12-14)18(23)24-10-6-4-3-5-9-20(13-21)17(22)7-8-19/h7-8,13-16H,3-6,9-12,19H2,1-2H3/b8-7-. The number of hydrogen-bond acceptors (Lipinski definition) is 5. The van der Waals surface area contributed by atoms with Crippen molar-refractivity contribution in [3.05, 3.63) is 12.3 Å². The summed E-state index contributed by atoms with van der Waals surface area (Å²) in [5.41, 5.74) is 5.13. The van der Waals surface area contributed by atoms with Crippen molar-refractivity contribution in [1.29, 1.82) is 0 Å². The maximum absolute atomic E-state index is 12.0. The minimum atomic E-state index is -0.402. The summed E-state index contributed by atoms with van der Waals surface area (Å²) in [4.78, 5) is 35.4. The quantitative estimate of drug-likeness (QED) is 0.285. The lowest BCUT2D eigenvalue weighted by atomic mass is 9.99. The second-order valence-electron chi connectivity index (χ2n) is 6.74. The van der Waals surface area contributed by atoms with Crippen molar-refractivity contribution in [3.8, 4) is 0 Å². The van der Waals surface area contributed by atoms with Crippen molar-refractivity contribution in [2.24, 2.45) is 23.5 Å². The predicted octanol–water partition coefficient (Wildman–Crippen LogP) is 2.23. The van der Waals surface area contributed by atoms with Crippen LogP contribution in [-0.4, -0.2) is 36.3 Å².